The first-order valence-corrected chi connectivity index (χ1v) is 9.49. The zero-order valence-electron chi connectivity index (χ0n) is 14.7. The van der Waals surface area contributed by atoms with Gasteiger partial charge in [-0.05, 0) is 50.7 Å². The van der Waals surface area contributed by atoms with Gasteiger partial charge in [-0.3, -0.25) is 9.59 Å². The van der Waals surface area contributed by atoms with Gasteiger partial charge in [0.25, 0.3) is 0 Å². The van der Waals surface area contributed by atoms with E-state index in [0.29, 0.717) is 12.8 Å². The number of rotatable bonds is 3. The fraction of sp³-hybridized carbons (Fsp3) is 0.600. The molecule has 1 aromatic carbocycles. The highest BCUT2D eigenvalue weighted by molar-refractivity contribution is 5.92. The van der Waals surface area contributed by atoms with Gasteiger partial charge < -0.3 is 10.2 Å². The second kappa shape index (κ2) is 8.45. The minimum Gasteiger partial charge on any atom is -0.342 e. The van der Waals surface area contributed by atoms with Crippen LogP contribution in [-0.4, -0.2) is 29.8 Å². The lowest BCUT2D eigenvalue weighted by atomic mass is 9.81. The number of halogens is 1. The van der Waals surface area contributed by atoms with E-state index in [1.165, 1.54) is 18.9 Å². The van der Waals surface area contributed by atoms with Crippen LogP contribution in [-0.2, 0) is 9.59 Å². The van der Waals surface area contributed by atoms with Gasteiger partial charge in [0, 0.05) is 24.9 Å². The molecule has 2 aliphatic rings. The van der Waals surface area contributed by atoms with Gasteiger partial charge in [0.05, 0.1) is 5.69 Å². The molecule has 0 radical (unpaired) electrons. The highest BCUT2D eigenvalue weighted by Gasteiger charge is 2.32. The molecule has 1 saturated heterocycles. The Morgan fingerprint density at radius 1 is 0.920 bits per heavy atom. The van der Waals surface area contributed by atoms with Crippen LogP contribution in [0.3, 0.4) is 0 Å². The van der Waals surface area contributed by atoms with E-state index in [4.69, 9.17) is 0 Å². The second-order valence-electron chi connectivity index (χ2n) is 7.26. The topological polar surface area (TPSA) is 49.4 Å². The number of carbonyl (C=O) groups is 2. The first-order chi connectivity index (χ1) is 12.1. The molecule has 1 aliphatic heterocycles. The maximum atomic E-state index is 13.7. The average molecular weight is 346 g/mol. The first-order valence-electron chi connectivity index (χ1n) is 9.49. The monoisotopic (exact) mass is 346 g/mol. The Hall–Kier alpha value is -1.91. The Bertz CT molecular complexity index is 603. The van der Waals surface area contributed by atoms with Crippen molar-refractivity contribution in [1.82, 2.24) is 4.90 Å². The van der Waals surface area contributed by atoms with Crippen molar-refractivity contribution in [2.45, 2.75) is 51.4 Å². The van der Waals surface area contributed by atoms with Gasteiger partial charge in [0.2, 0.25) is 11.8 Å². The Kier molecular flexibility index (Phi) is 6.05. The van der Waals surface area contributed by atoms with E-state index in [2.05, 4.69) is 5.32 Å². The molecule has 0 aromatic heterocycles. The zero-order chi connectivity index (χ0) is 17.6. The standard InChI is InChI=1S/C20H27FN2O2/c21-17-7-3-4-8-18(17)22-19(24)15-9-11-16(12-10-15)20(25)23-13-5-1-2-6-14-23/h3-4,7-8,15-16H,1-2,5-6,9-14H2,(H,22,24). The van der Waals surface area contributed by atoms with E-state index in [1.807, 2.05) is 4.90 Å². The van der Waals surface area contributed by atoms with Crippen molar-refractivity contribution in [2.75, 3.05) is 18.4 Å². The van der Waals surface area contributed by atoms with Gasteiger partial charge in [-0.2, -0.15) is 0 Å². The summed E-state index contributed by atoms with van der Waals surface area (Å²) in [5, 5.41) is 2.69. The van der Waals surface area contributed by atoms with Crippen molar-refractivity contribution in [3.63, 3.8) is 0 Å². The number of nitrogens with zero attached hydrogens (tertiary/aromatic N) is 1. The Morgan fingerprint density at radius 3 is 2.16 bits per heavy atom. The van der Waals surface area contributed by atoms with Crippen LogP contribution in [0.25, 0.3) is 0 Å². The summed E-state index contributed by atoms with van der Waals surface area (Å²) in [6, 6.07) is 6.22. The van der Waals surface area contributed by atoms with E-state index < -0.39 is 5.82 Å². The van der Waals surface area contributed by atoms with E-state index in [-0.39, 0.29) is 29.3 Å². The summed E-state index contributed by atoms with van der Waals surface area (Å²) < 4.78 is 13.7. The third kappa shape index (κ3) is 4.59. The van der Waals surface area contributed by atoms with Gasteiger partial charge in [0.15, 0.2) is 0 Å². The van der Waals surface area contributed by atoms with Crippen molar-refractivity contribution in [3.05, 3.63) is 30.1 Å². The van der Waals surface area contributed by atoms with Crippen LogP contribution >= 0.6 is 0 Å². The maximum absolute atomic E-state index is 13.7. The van der Waals surface area contributed by atoms with Gasteiger partial charge in [-0.25, -0.2) is 4.39 Å². The number of anilines is 1. The third-order valence-electron chi connectivity index (χ3n) is 5.50. The number of carbonyl (C=O) groups excluding carboxylic acids is 2. The van der Waals surface area contributed by atoms with Crippen molar-refractivity contribution >= 4 is 17.5 Å². The van der Waals surface area contributed by atoms with Crippen LogP contribution in [0.2, 0.25) is 0 Å². The molecular formula is C20H27FN2O2. The number of hydrogen-bond acceptors (Lipinski definition) is 2. The lowest BCUT2D eigenvalue weighted by Gasteiger charge is -2.31. The van der Waals surface area contributed by atoms with E-state index >= 15 is 0 Å². The molecular weight excluding hydrogens is 319 g/mol. The number of benzene rings is 1. The van der Waals surface area contributed by atoms with Gasteiger partial charge >= 0.3 is 0 Å². The SMILES string of the molecule is O=C(Nc1ccccc1F)C1CCC(C(=O)N2CCCCCC2)CC1. The molecule has 5 heteroatoms. The van der Waals surface area contributed by atoms with Crippen LogP contribution in [0.15, 0.2) is 24.3 Å². The summed E-state index contributed by atoms with van der Waals surface area (Å²) in [5.74, 6) is -0.357. The molecule has 1 aromatic rings. The summed E-state index contributed by atoms with van der Waals surface area (Å²) in [5.41, 5.74) is 0.232. The molecule has 4 nitrogen and oxygen atoms in total. The van der Waals surface area contributed by atoms with E-state index in [1.54, 1.807) is 18.2 Å². The van der Waals surface area contributed by atoms with Crippen molar-refractivity contribution in [2.24, 2.45) is 11.8 Å². The molecule has 25 heavy (non-hydrogen) atoms. The number of amides is 2. The van der Waals surface area contributed by atoms with E-state index in [0.717, 1.165) is 38.8 Å². The highest BCUT2D eigenvalue weighted by Crippen LogP contribution is 2.31. The number of hydrogen-bond donors (Lipinski definition) is 1. The predicted octanol–water partition coefficient (Wildman–Crippen LogP) is 3.97. The van der Waals surface area contributed by atoms with Crippen molar-refractivity contribution < 1.29 is 14.0 Å². The Balaban J connectivity index is 1.50. The highest BCUT2D eigenvalue weighted by atomic mass is 19.1. The third-order valence-corrected chi connectivity index (χ3v) is 5.50. The van der Waals surface area contributed by atoms with Crippen LogP contribution < -0.4 is 5.32 Å². The normalized spacial score (nSPS) is 24.4. The Morgan fingerprint density at radius 2 is 1.52 bits per heavy atom. The van der Waals surface area contributed by atoms with Crippen molar-refractivity contribution in [1.29, 1.82) is 0 Å². The fourth-order valence-corrected chi connectivity index (χ4v) is 3.95. The van der Waals surface area contributed by atoms with Crippen LogP contribution in [0.5, 0.6) is 0 Å². The molecule has 1 aliphatic carbocycles. The molecule has 136 valence electrons. The largest absolute Gasteiger partial charge is 0.342 e. The quantitative estimate of drug-likeness (QED) is 0.900. The first kappa shape index (κ1) is 17.9. The second-order valence-corrected chi connectivity index (χ2v) is 7.26. The average Bonchev–Trinajstić information content (AvgIpc) is 2.92. The molecule has 0 spiro atoms. The molecule has 0 unspecified atom stereocenters. The number of likely N-dealkylation sites (tertiary alicyclic amines) is 1. The maximum Gasteiger partial charge on any atom is 0.227 e. The summed E-state index contributed by atoms with van der Waals surface area (Å²) in [4.78, 5) is 27.1. The van der Waals surface area contributed by atoms with Crippen molar-refractivity contribution in [3.8, 4) is 0 Å². The molecule has 0 bridgehead atoms. The fourth-order valence-electron chi connectivity index (χ4n) is 3.95. The zero-order valence-corrected chi connectivity index (χ0v) is 14.7. The van der Waals surface area contributed by atoms with Crippen LogP contribution in [0.1, 0.15) is 51.4 Å². The Labute approximate surface area is 148 Å². The molecule has 1 saturated carbocycles. The number of para-hydroxylation sites is 1. The van der Waals surface area contributed by atoms with Gasteiger partial charge in [-0.15, -0.1) is 0 Å². The lowest BCUT2D eigenvalue weighted by Crippen LogP contribution is -2.39. The molecule has 1 heterocycles. The summed E-state index contributed by atoms with van der Waals surface area (Å²) in [6.07, 6.45) is 7.54. The number of nitrogens with one attached hydrogen (secondary N) is 1. The predicted molar refractivity (Wildman–Crippen MR) is 95.5 cm³/mol. The van der Waals surface area contributed by atoms with Gasteiger partial charge in [0.1, 0.15) is 5.82 Å². The lowest BCUT2D eigenvalue weighted by molar-refractivity contribution is -0.137. The smallest absolute Gasteiger partial charge is 0.227 e. The minimum absolute atomic E-state index is 0.0515. The minimum atomic E-state index is -0.416. The summed E-state index contributed by atoms with van der Waals surface area (Å²) in [6.45, 7) is 1.76. The molecule has 0 atom stereocenters. The molecule has 2 amide bonds. The van der Waals surface area contributed by atoms with Crippen LogP contribution in [0, 0.1) is 17.7 Å². The van der Waals surface area contributed by atoms with E-state index in [9.17, 15) is 14.0 Å². The summed E-state index contributed by atoms with van der Waals surface area (Å²) >= 11 is 0. The molecule has 2 fully saturated rings. The molecule has 3 rings (SSSR count). The van der Waals surface area contributed by atoms with Crippen LogP contribution in [0.4, 0.5) is 10.1 Å². The summed E-state index contributed by atoms with van der Waals surface area (Å²) in [7, 11) is 0. The molecule has 1 N–H and O–H groups in total. The van der Waals surface area contributed by atoms with Gasteiger partial charge in [-0.1, -0.05) is 25.0 Å².